The standard InChI is InChI=1S/C21H29N5O3S/c1-3-5-7-8-9-17-23-24-20(30-17)26-18(15-25(21(26)28)14-6-4-2)29-19(27)16-10-12-22-13-11-16/h10-13,18H,3-9,14-15H2,1-2H3. The molecule has 0 aliphatic carbocycles. The second-order valence-electron chi connectivity index (χ2n) is 7.34. The van der Waals surface area contributed by atoms with Gasteiger partial charge in [-0.3, -0.25) is 4.98 Å². The smallest absolute Gasteiger partial charge is 0.340 e. The zero-order chi connectivity index (χ0) is 21.3. The summed E-state index contributed by atoms with van der Waals surface area (Å²) in [6.45, 7) is 5.20. The molecule has 0 bridgehead atoms. The quantitative estimate of drug-likeness (QED) is 0.390. The number of hydrogen-bond donors (Lipinski definition) is 0. The van der Waals surface area contributed by atoms with Crippen molar-refractivity contribution >= 4 is 28.5 Å². The third-order valence-corrected chi connectivity index (χ3v) is 5.97. The number of carbonyl (C=O) groups is 2. The van der Waals surface area contributed by atoms with E-state index in [1.165, 1.54) is 41.5 Å². The first-order chi connectivity index (χ1) is 14.6. The van der Waals surface area contributed by atoms with E-state index in [1.54, 1.807) is 17.0 Å². The first-order valence-corrected chi connectivity index (χ1v) is 11.5. The Morgan fingerprint density at radius 2 is 1.90 bits per heavy atom. The van der Waals surface area contributed by atoms with Gasteiger partial charge in [-0.05, 0) is 25.0 Å². The van der Waals surface area contributed by atoms with Gasteiger partial charge in [0.15, 0.2) is 0 Å². The summed E-state index contributed by atoms with van der Waals surface area (Å²) in [7, 11) is 0. The highest BCUT2D eigenvalue weighted by molar-refractivity contribution is 7.15. The number of hydrogen-bond acceptors (Lipinski definition) is 7. The van der Waals surface area contributed by atoms with Crippen LogP contribution < -0.4 is 4.90 Å². The number of amides is 2. The monoisotopic (exact) mass is 431 g/mol. The molecule has 162 valence electrons. The number of ether oxygens (including phenoxy) is 1. The summed E-state index contributed by atoms with van der Waals surface area (Å²) in [5, 5.41) is 9.88. The predicted molar refractivity (Wildman–Crippen MR) is 116 cm³/mol. The highest BCUT2D eigenvalue weighted by Crippen LogP contribution is 2.30. The topological polar surface area (TPSA) is 88.5 Å². The van der Waals surface area contributed by atoms with Crippen molar-refractivity contribution in [2.24, 2.45) is 0 Å². The summed E-state index contributed by atoms with van der Waals surface area (Å²) >= 11 is 1.40. The molecule has 1 unspecified atom stereocenters. The van der Waals surface area contributed by atoms with Gasteiger partial charge < -0.3 is 9.64 Å². The van der Waals surface area contributed by atoms with Crippen molar-refractivity contribution in [2.75, 3.05) is 18.0 Å². The van der Waals surface area contributed by atoms with Crippen LogP contribution >= 0.6 is 11.3 Å². The molecule has 3 heterocycles. The van der Waals surface area contributed by atoms with Crippen LogP contribution in [0.1, 0.15) is 67.7 Å². The normalized spacial score (nSPS) is 16.3. The number of esters is 1. The molecule has 1 fully saturated rings. The third-order valence-electron chi connectivity index (χ3n) is 4.99. The minimum absolute atomic E-state index is 0.190. The molecule has 0 N–H and O–H groups in total. The minimum atomic E-state index is -0.726. The number of urea groups is 1. The van der Waals surface area contributed by atoms with Crippen LogP contribution in [0.15, 0.2) is 24.5 Å². The SMILES string of the molecule is CCCCCCc1nnc(N2C(=O)N(CCCC)CC2OC(=O)c2ccncc2)s1. The van der Waals surface area contributed by atoms with Gasteiger partial charge in [0, 0.05) is 25.4 Å². The Morgan fingerprint density at radius 3 is 2.63 bits per heavy atom. The van der Waals surface area contributed by atoms with Gasteiger partial charge >= 0.3 is 12.0 Å². The summed E-state index contributed by atoms with van der Waals surface area (Å²) < 4.78 is 5.70. The molecule has 30 heavy (non-hydrogen) atoms. The molecule has 1 saturated heterocycles. The maximum atomic E-state index is 13.0. The van der Waals surface area contributed by atoms with Gasteiger partial charge in [-0.25, -0.2) is 14.5 Å². The lowest BCUT2D eigenvalue weighted by atomic mass is 10.2. The Hall–Kier alpha value is -2.55. The van der Waals surface area contributed by atoms with Crippen LogP contribution in [0.4, 0.5) is 9.93 Å². The van der Waals surface area contributed by atoms with E-state index in [2.05, 4.69) is 29.0 Å². The summed E-state index contributed by atoms with van der Waals surface area (Å²) in [6.07, 6.45) is 9.67. The van der Waals surface area contributed by atoms with Crippen molar-refractivity contribution in [3.63, 3.8) is 0 Å². The summed E-state index contributed by atoms with van der Waals surface area (Å²) in [6, 6.07) is 3.00. The van der Waals surface area contributed by atoms with E-state index in [-0.39, 0.29) is 6.03 Å². The Balaban J connectivity index is 1.73. The van der Waals surface area contributed by atoms with Crippen LogP contribution in [0.3, 0.4) is 0 Å². The molecule has 0 radical (unpaired) electrons. The first-order valence-electron chi connectivity index (χ1n) is 10.7. The van der Waals surface area contributed by atoms with Gasteiger partial charge in [0.05, 0.1) is 12.1 Å². The molecule has 0 saturated carbocycles. The van der Waals surface area contributed by atoms with Crippen LogP contribution in [-0.2, 0) is 11.2 Å². The number of nitrogens with zero attached hydrogens (tertiary/aromatic N) is 5. The van der Waals surface area contributed by atoms with Gasteiger partial charge in [-0.1, -0.05) is 50.9 Å². The van der Waals surface area contributed by atoms with Crippen molar-refractivity contribution in [1.82, 2.24) is 20.1 Å². The van der Waals surface area contributed by atoms with Crippen molar-refractivity contribution < 1.29 is 14.3 Å². The fraction of sp³-hybridized carbons (Fsp3) is 0.571. The average Bonchev–Trinajstić information content (AvgIpc) is 3.34. The molecular formula is C21H29N5O3S. The molecule has 3 rings (SSSR count). The number of carbonyl (C=O) groups excluding carboxylic acids is 2. The van der Waals surface area contributed by atoms with Gasteiger partial charge in [0.2, 0.25) is 11.4 Å². The molecule has 0 spiro atoms. The van der Waals surface area contributed by atoms with Crippen LogP contribution in [0, 0.1) is 0 Å². The Morgan fingerprint density at radius 1 is 1.13 bits per heavy atom. The lowest BCUT2D eigenvalue weighted by molar-refractivity contribution is 0.0325. The lowest BCUT2D eigenvalue weighted by Gasteiger charge is -2.19. The molecule has 2 amide bonds. The fourth-order valence-corrected chi connectivity index (χ4v) is 4.19. The van der Waals surface area contributed by atoms with Gasteiger partial charge in [0.25, 0.3) is 0 Å². The van der Waals surface area contributed by atoms with Crippen molar-refractivity contribution in [1.29, 1.82) is 0 Å². The Labute approximate surface area is 181 Å². The number of unbranched alkanes of at least 4 members (excludes halogenated alkanes) is 4. The van der Waals surface area contributed by atoms with Crippen LogP contribution in [0.5, 0.6) is 0 Å². The number of aryl methyl sites for hydroxylation is 1. The second-order valence-corrected chi connectivity index (χ2v) is 8.38. The number of pyridine rings is 1. The zero-order valence-corrected chi connectivity index (χ0v) is 18.4. The van der Waals surface area contributed by atoms with E-state index in [9.17, 15) is 9.59 Å². The maximum absolute atomic E-state index is 13.0. The third kappa shape index (κ3) is 5.53. The Kier molecular flexibility index (Phi) is 8.12. The largest absolute Gasteiger partial charge is 0.435 e. The van der Waals surface area contributed by atoms with E-state index < -0.39 is 12.2 Å². The molecule has 9 heteroatoms. The molecule has 1 aliphatic rings. The van der Waals surface area contributed by atoms with Crippen molar-refractivity contribution in [2.45, 2.75) is 65.0 Å². The number of rotatable bonds is 11. The Bertz CT molecular complexity index is 829. The highest BCUT2D eigenvalue weighted by atomic mass is 32.1. The van der Waals surface area contributed by atoms with Gasteiger partial charge in [-0.15, -0.1) is 10.2 Å². The van der Waals surface area contributed by atoms with E-state index in [0.29, 0.717) is 23.8 Å². The number of anilines is 1. The van der Waals surface area contributed by atoms with Crippen molar-refractivity contribution in [3.05, 3.63) is 35.1 Å². The lowest BCUT2D eigenvalue weighted by Crippen LogP contribution is -2.37. The summed E-state index contributed by atoms with van der Waals surface area (Å²) in [4.78, 5) is 32.7. The number of aromatic nitrogens is 3. The first kappa shape index (κ1) is 22.1. The van der Waals surface area contributed by atoms with Gasteiger partial charge in [0.1, 0.15) is 5.01 Å². The molecular weight excluding hydrogens is 402 g/mol. The summed E-state index contributed by atoms with van der Waals surface area (Å²) in [5.74, 6) is -0.484. The van der Waals surface area contributed by atoms with Gasteiger partial charge in [-0.2, -0.15) is 0 Å². The zero-order valence-electron chi connectivity index (χ0n) is 17.6. The highest BCUT2D eigenvalue weighted by Gasteiger charge is 2.42. The summed E-state index contributed by atoms with van der Waals surface area (Å²) in [5.41, 5.74) is 0.401. The maximum Gasteiger partial charge on any atom is 0.340 e. The fourth-order valence-electron chi connectivity index (χ4n) is 3.28. The second kappa shape index (κ2) is 11.0. The van der Waals surface area contributed by atoms with Crippen LogP contribution in [0.2, 0.25) is 0 Å². The molecule has 1 aliphatic heterocycles. The minimum Gasteiger partial charge on any atom is -0.435 e. The molecule has 8 nitrogen and oxygen atoms in total. The van der Waals surface area contributed by atoms with E-state index in [0.717, 1.165) is 37.1 Å². The van der Waals surface area contributed by atoms with E-state index in [4.69, 9.17) is 4.74 Å². The molecule has 2 aromatic heterocycles. The molecule has 2 aromatic rings. The van der Waals surface area contributed by atoms with E-state index >= 15 is 0 Å². The molecule has 1 atom stereocenters. The molecule has 0 aromatic carbocycles. The van der Waals surface area contributed by atoms with Crippen LogP contribution in [-0.4, -0.2) is 51.4 Å². The average molecular weight is 432 g/mol. The van der Waals surface area contributed by atoms with Crippen LogP contribution in [0.25, 0.3) is 0 Å². The predicted octanol–water partition coefficient (Wildman–Crippen LogP) is 4.28. The van der Waals surface area contributed by atoms with Crippen molar-refractivity contribution in [3.8, 4) is 0 Å². The van der Waals surface area contributed by atoms with E-state index in [1.807, 2.05) is 0 Å².